The van der Waals surface area contributed by atoms with Crippen molar-refractivity contribution in [3.05, 3.63) is 76.6 Å². The fourth-order valence-electron chi connectivity index (χ4n) is 5.32. The van der Waals surface area contributed by atoms with Crippen molar-refractivity contribution < 1.29 is 18.0 Å². The van der Waals surface area contributed by atoms with Gasteiger partial charge in [-0.15, -0.1) is 10.2 Å². The summed E-state index contributed by atoms with van der Waals surface area (Å²) in [5, 5.41) is 20.8. The molecule has 2 aromatic carbocycles. The summed E-state index contributed by atoms with van der Waals surface area (Å²) in [6.45, 7) is 2.95. The van der Waals surface area contributed by atoms with Crippen molar-refractivity contribution in [2.24, 2.45) is 18.9 Å². The number of carbonyl (C=O) groups excluding carboxylic acids is 1. The minimum absolute atomic E-state index is 0.0000676. The highest BCUT2D eigenvalue weighted by molar-refractivity contribution is 6.10. The summed E-state index contributed by atoms with van der Waals surface area (Å²) in [7, 11) is 1.78. The molecule has 232 valence electrons. The van der Waals surface area contributed by atoms with Gasteiger partial charge in [0, 0.05) is 24.7 Å². The molecule has 1 amide bonds. The second-order valence-corrected chi connectivity index (χ2v) is 12.1. The monoisotopic (exact) mass is 614 g/mol. The third kappa shape index (κ3) is 6.68. The highest BCUT2D eigenvalue weighted by Gasteiger charge is 2.41. The summed E-state index contributed by atoms with van der Waals surface area (Å²) in [6.07, 6.45) is 2.12. The summed E-state index contributed by atoms with van der Waals surface area (Å²) >= 11 is 0. The number of alkyl halides is 3. The smallest absolute Gasteiger partial charge is 0.384 e. The Kier molecular flexibility index (Phi) is 8.05. The van der Waals surface area contributed by atoms with Crippen molar-refractivity contribution in [1.29, 1.82) is 5.26 Å². The van der Waals surface area contributed by atoms with Crippen molar-refractivity contribution >= 4 is 17.5 Å². The quantitative estimate of drug-likeness (QED) is 0.258. The van der Waals surface area contributed by atoms with Crippen LogP contribution in [-0.4, -0.2) is 32.2 Å². The van der Waals surface area contributed by atoms with Crippen molar-refractivity contribution in [3.63, 3.8) is 0 Å². The Morgan fingerprint density at radius 2 is 1.82 bits per heavy atom. The van der Waals surface area contributed by atoms with E-state index in [0.717, 1.165) is 31.4 Å². The zero-order valence-corrected chi connectivity index (χ0v) is 25.0. The van der Waals surface area contributed by atoms with E-state index in [1.165, 1.54) is 30.1 Å². The van der Waals surface area contributed by atoms with E-state index in [-0.39, 0.29) is 35.9 Å². The zero-order chi connectivity index (χ0) is 31.9. The Morgan fingerprint density at radius 1 is 1.07 bits per heavy atom. The molecule has 0 saturated heterocycles. The maximum atomic E-state index is 14.1. The molecular weight excluding hydrogens is 581 g/mol. The molecule has 9 nitrogen and oxygen atoms in total. The lowest BCUT2D eigenvalue weighted by Crippen LogP contribution is -2.24. The van der Waals surface area contributed by atoms with Crippen LogP contribution in [0.25, 0.3) is 22.5 Å². The minimum Gasteiger partial charge on any atom is -0.384 e. The van der Waals surface area contributed by atoms with Crippen molar-refractivity contribution in [2.45, 2.75) is 51.9 Å². The Hall–Kier alpha value is -4.76. The van der Waals surface area contributed by atoms with Crippen molar-refractivity contribution in [3.8, 4) is 28.6 Å². The van der Waals surface area contributed by atoms with Gasteiger partial charge < -0.3 is 15.6 Å². The van der Waals surface area contributed by atoms with Crippen LogP contribution in [0.4, 0.5) is 24.8 Å². The molecule has 2 fully saturated rings. The second-order valence-electron chi connectivity index (χ2n) is 12.1. The number of halogens is 3. The molecule has 7 rings (SSSR count). The van der Waals surface area contributed by atoms with E-state index < -0.39 is 17.6 Å². The van der Waals surface area contributed by atoms with Crippen LogP contribution in [0.15, 0.2) is 48.8 Å². The van der Waals surface area contributed by atoms with Crippen molar-refractivity contribution in [2.75, 3.05) is 17.2 Å². The highest BCUT2D eigenvalue weighted by Crippen LogP contribution is 2.41. The summed E-state index contributed by atoms with van der Waals surface area (Å²) < 4.78 is 44.2. The number of amides is 1. The first kappa shape index (κ1) is 30.3. The molecule has 45 heavy (non-hydrogen) atoms. The molecule has 2 aromatic heterocycles. The van der Waals surface area contributed by atoms with Gasteiger partial charge in [-0.05, 0) is 95.9 Å². The van der Waals surface area contributed by atoms with E-state index >= 15 is 0 Å². The standard InChI is InChI=1S/C29H25F3N8O.C4H8/c1-39-15-36-38-27(39)20-5-4-17(11-33)6-21(20)19-9-25(34)37-26(10-19)40-14-23-22(28(40)41)7-18(8-24(23)29(30,31)32)13-35-12-16-2-3-16;1-4-2-3-4/h4-10,15-16,35H,2-3,12-14H2,1H3,(H2,34,37);4H,2-3H2,1H3. The Bertz CT molecular complexity index is 1800. The van der Waals surface area contributed by atoms with E-state index in [4.69, 9.17) is 5.73 Å². The van der Waals surface area contributed by atoms with Gasteiger partial charge in [0.15, 0.2) is 5.82 Å². The minimum atomic E-state index is -4.64. The Labute approximate surface area is 258 Å². The van der Waals surface area contributed by atoms with Crippen LogP contribution in [0.1, 0.15) is 65.2 Å². The maximum absolute atomic E-state index is 14.1. The summed E-state index contributed by atoms with van der Waals surface area (Å²) in [5.74, 6) is 1.76. The van der Waals surface area contributed by atoms with Crippen LogP contribution in [-0.2, 0) is 26.3 Å². The van der Waals surface area contributed by atoms with E-state index in [9.17, 15) is 23.2 Å². The maximum Gasteiger partial charge on any atom is 0.416 e. The molecule has 0 unspecified atom stereocenters. The van der Waals surface area contributed by atoms with Gasteiger partial charge >= 0.3 is 6.18 Å². The number of aromatic nitrogens is 4. The molecule has 4 aromatic rings. The molecular formula is C33H33F3N8O. The average molecular weight is 615 g/mol. The molecule has 2 saturated carbocycles. The molecule has 12 heteroatoms. The van der Waals surface area contributed by atoms with Gasteiger partial charge in [0.05, 0.1) is 23.7 Å². The molecule has 0 atom stereocenters. The van der Waals surface area contributed by atoms with Gasteiger partial charge in [-0.2, -0.15) is 18.4 Å². The number of carbonyl (C=O) groups is 1. The largest absolute Gasteiger partial charge is 0.416 e. The summed E-state index contributed by atoms with van der Waals surface area (Å²) in [5.41, 5.74) is 7.77. The van der Waals surface area contributed by atoms with E-state index in [1.54, 1.807) is 41.9 Å². The lowest BCUT2D eigenvalue weighted by atomic mass is 9.97. The molecule has 1 aliphatic heterocycles. The topological polar surface area (TPSA) is 126 Å². The van der Waals surface area contributed by atoms with E-state index in [0.29, 0.717) is 39.6 Å². The molecule has 3 heterocycles. The van der Waals surface area contributed by atoms with Crippen LogP contribution >= 0.6 is 0 Å². The zero-order valence-electron chi connectivity index (χ0n) is 25.0. The van der Waals surface area contributed by atoms with Crippen LogP contribution in [0.5, 0.6) is 0 Å². The van der Waals surface area contributed by atoms with Gasteiger partial charge in [0.25, 0.3) is 5.91 Å². The van der Waals surface area contributed by atoms with Gasteiger partial charge in [-0.25, -0.2) is 4.98 Å². The van der Waals surface area contributed by atoms with Gasteiger partial charge in [-0.1, -0.05) is 19.8 Å². The number of nitrogen functional groups attached to an aromatic ring is 1. The first-order valence-electron chi connectivity index (χ1n) is 14.9. The molecule has 3 N–H and O–H groups in total. The van der Waals surface area contributed by atoms with Crippen LogP contribution in [0, 0.1) is 23.2 Å². The Morgan fingerprint density at radius 3 is 2.44 bits per heavy atom. The number of anilines is 2. The van der Waals surface area contributed by atoms with Crippen LogP contribution in [0.2, 0.25) is 0 Å². The lowest BCUT2D eigenvalue weighted by Gasteiger charge is -2.18. The third-order valence-corrected chi connectivity index (χ3v) is 8.25. The first-order chi connectivity index (χ1) is 21.5. The normalized spacial score (nSPS) is 15.8. The fraction of sp³-hybridized carbons (Fsp3) is 0.364. The van der Waals surface area contributed by atoms with Gasteiger partial charge in [0.2, 0.25) is 0 Å². The number of nitrogens with two attached hydrogens (primary N) is 1. The molecule has 2 aliphatic carbocycles. The fourth-order valence-corrected chi connectivity index (χ4v) is 5.32. The number of pyridine rings is 1. The summed E-state index contributed by atoms with van der Waals surface area (Å²) in [4.78, 5) is 19.1. The SMILES string of the molecule is CC1CC1.Cn1cnnc1-c1ccc(C#N)cc1-c1cc(N)nc(N2Cc3c(cc(CNCC4CC4)cc3C(F)(F)F)C2=O)c1. The molecule has 0 bridgehead atoms. The van der Waals surface area contributed by atoms with Crippen LogP contribution < -0.4 is 16.0 Å². The summed E-state index contributed by atoms with van der Waals surface area (Å²) in [6, 6.07) is 13.0. The number of fused-ring (bicyclic) bond motifs is 1. The lowest BCUT2D eigenvalue weighted by molar-refractivity contribution is -0.138. The number of nitriles is 1. The number of nitrogens with one attached hydrogen (secondary N) is 1. The predicted octanol–water partition coefficient (Wildman–Crippen LogP) is 6.09. The number of nitrogens with zero attached hydrogens (tertiary/aromatic N) is 6. The number of hydrogen-bond acceptors (Lipinski definition) is 7. The molecule has 3 aliphatic rings. The van der Waals surface area contributed by atoms with E-state index in [2.05, 4.69) is 33.5 Å². The van der Waals surface area contributed by atoms with Gasteiger partial charge in [0.1, 0.15) is 18.0 Å². The second kappa shape index (κ2) is 12.0. The molecule has 0 radical (unpaired) electrons. The number of benzene rings is 2. The third-order valence-electron chi connectivity index (χ3n) is 8.25. The molecule has 0 spiro atoms. The highest BCUT2D eigenvalue weighted by atomic mass is 19.4. The number of hydrogen-bond donors (Lipinski definition) is 2. The number of aryl methyl sites for hydroxylation is 1. The van der Waals surface area contributed by atoms with E-state index in [1.807, 2.05) is 0 Å². The van der Waals surface area contributed by atoms with Crippen LogP contribution in [0.3, 0.4) is 0 Å². The average Bonchev–Trinajstić information content (AvgIpc) is 3.93. The first-order valence-corrected chi connectivity index (χ1v) is 14.9. The predicted molar refractivity (Wildman–Crippen MR) is 164 cm³/mol. The van der Waals surface area contributed by atoms with Crippen molar-refractivity contribution in [1.82, 2.24) is 25.1 Å². The van der Waals surface area contributed by atoms with Gasteiger partial charge in [-0.3, -0.25) is 9.69 Å². The Balaban J connectivity index is 0.000000828. The number of rotatable bonds is 7.